The predicted octanol–water partition coefficient (Wildman–Crippen LogP) is 4.04. The van der Waals surface area contributed by atoms with E-state index in [4.69, 9.17) is 11.6 Å². The summed E-state index contributed by atoms with van der Waals surface area (Å²) in [6, 6.07) is 10.3. The van der Waals surface area contributed by atoms with Crippen molar-refractivity contribution in [1.82, 2.24) is 14.5 Å². The maximum atomic E-state index is 6.02. The number of hydrogen-bond acceptors (Lipinski definition) is 2. The van der Waals surface area contributed by atoms with Crippen molar-refractivity contribution in [3.05, 3.63) is 53.7 Å². The average molecular weight is 298 g/mol. The molecule has 1 aliphatic carbocycles. The lowest BCUT2D eigenvalue weighted by atomic mass is 10.0. The lowest BCUT2D eigenvalue weighted by molar-refractivity contribution is 0.656. The van der Waals surface area contributed by atoms with Gasteiger partial charge in [-0.1, -0.05) is 18.2 Å². The van der Waals surface area contributed by atoms with Crippen LogP contribution in [0.1, 0.15) is 29.9 Å². The van der Waals surface area contributed by atoms with E-state index in [2.05, 4.69) is 32.7 Å². The number of aromatic nitrogens is 3. The third-order valence-electron chi connectivity index (χ3n) is 4.17. The summed E-state index contributed by atoms with van der Waals surface area (Å²) in [7, 11) is 0. The quantitative estimate of drug-likeness (QED) is 0.668. The molecule has 2 heterocycles. The zero-order chi connectivity index (χ0) is 14.2. The maximum absolute atomic E-state index is 6.02. The minimum absolute atomic E-state index is 0.425. The van der Waals surface area contributed by atoms with Crippen molar-refractivity contribution in [2.75, 3.05) is 0 Å². The van der Waals surface area contributed by atoms with Gasteiger partial charge in [-0.2, -0.15) is 0 Å². The number of rotatable bonds is 2. The number of para-hydroxylation sites is 1. The Hall–Kier alpha value is -1.87. The first-order chi connectivity index (χ1) is 10.4. The van der Waals surface area contributed by atoms with Crippen molar-refractivity contribution in [3.8, 4) is 5.69 Å². The maximum Gasteiger partial charge on any atom is 0.0997 e. The Morgan fingerprint density at radius 2 is 2.00 bits per heavy atom. The summed E-state index contributed by atoms with van der Waals surface area (Å²) in [5.41, 5.74) is 5.63. The van der Waals surface area contributed by atoms with Gasteiger partial charge in [0.15, 0.2) is 0 Å². The molecule has 0 N–H and O–H groups in total. The van der Waals surface area contributed by atoms with E-state index in [-0.39, 0.29) is 0 Å². The van der Waals surface area contributed by atoms with Crippen LogP contribution in [0.5, 0.6) is 0 Å². The van der Waals surface area contributed by atoms with Crippen LogP contribution in [-0.4, -0.2) is 14.5 Å². The van der Waals surface area contributed by atoms with E-state index >= 15 is 0 Å². The van der Waals surface area contributed by atoms with Gasteiger partial charge >= 0.3 is 0 Å². The van der Waals surface area contributed by atoms with Gasteiger partial charge in [0, 0.05) is 11.1 Å². The molecule has 0 amide bonds. The van der Waals surface area contributed by atoms with Gasteiger partial charge in [-0.25, -0.2) is 4.98 Å². The zero-order valence-electron chi connectivity index (χ0n) is 11.7. The summed E-state index contributed by atoms with van der Waals surface area (Å²) >= 11 is 6.02. The van der Waals surface area contributed by atoms with Crippen LogP contribution in [0.15, 0.2) is 36.7 Å². The SMILES string of the molecule is ClCc1cc(-n2cnc3c2CCCC3)c2ccccc2n1. The second-order valence-electron chi connectivity index (χ2n) is 5.50. The van der Waals surface area contributed by atoms with E-state index in [0.717, 1.165) is 35.1 Å². The number of nitrogens with zero attached hydrogens (tertiary/aromatic N) is 3. The molecular weight excluding hydrogens is 282 g/mol. The molecule has 0 unspecified atom stereocenters. The molecule has 0 atom stereocenters. The molecule has 0 spiro atoms. The molecule has 3 aromatic rings. The number of aryl methyl sites for hydroxylation is 1. The molecule has 2 aromatic heterocycles. The first-order valence-electron chi connectivity index (χ1n) is 7.37. The van der Waals surface area contributed by atoms with Crippen LogP contribution in [-0.2, 0) is 18.7 Å². The molecule has 0 aliphatic heterocycles. The second-order valence-corrected chi connectivity index (χ2v) is 5.77. The van der Waals surface area contributed by atoms with Gasteiger partial charge in [-0.15, -0.1) is 11.6 Å². The highest BCUT2D eigenvalue weighted by Gasteiger charge is 2.17. The van der Waals surface area contributed by atoms with Crippen LogP contribution in [0.2, 0.25) is 0 Å². The fraction of sp³-hybridized carbons (Fsp3) is 0.294. The number of imidazole rings is 1. The number of halogens is 1. The minimum Gasteiger partial charge on any atom is -0.302 e. The molecule has 1 aromatic carbocycles. The smallest absolute Gasteiger partial charge is 0.0997 e. The molecule has 0 radical (unpaired) electrons. The summed E-state index contributed by atoms with van der Waals surface area (Å²) in [5.74, 6) is 0.425. The van der Waals surface area contributed by atoms with Crippen molar-refractivity contribution >= 4 is 22.5 Å². The van der Waals surface area contributed by atoms with Crippen molar-refractivity contribution in [3.63, 3.8) is 0 Å². The fourth-order valence-electron chi connectivity index (χ4n) is 3.15. The highest BCUT2D eigenvalue weighted by molar-refractivity contribution is 6.17. The van der Waals surface area contributed by atoms with Gasteiger partial charge in [-0.05, 0) is 37.8 Å². The van der Waals surface area contributed by atoms with Crippen molar-refractivity contribution < 1.29 is 0 Å². The standard InChI is InChI=1S/C17H16ClN3/c18-10-12-9-17(13-5-1-2-6-14(13)20-12)21-11-19-15-7-3-4-8-16(15)21/h1-2,5-6,9,11H,3-4,7-8,10H2. The van der Waals surface area contributed by atoms with E-state index in [0.29, 0.717) is 5.88 Å². The van der Waals surface area contributed by atoms with Gasteiger partial charge in [0.1, 0.15) is 0 Å². The number of pyridine rings is 1. The topological polar surface area (TPSA) is 30.7 Å². The normalized spacial score (nSPS) is 14.3. The largest absolute Gasteiger partial charge is 0.302 e. The van der Waals surface area contributed by atoms with Crippen LogP contribution in [0.3, 0.4) is 0 Å². The summed E-state index contributed by atoms with van der Waals surface area (Å²) < 4.78 is 2.23. The number of fused-ring (bicyclic) bond motifs is 2. The summed E-state index contributed by atoms with van der Waals surface area (Å²) in [4.78, 5) is 9.22. The summed E-state index contributed by atoms with van der Waals surface area (Å²) in [6.07, 6.45) is 6.63. The molecule has 0 fully saturated rings. The van der Waals surface area contributed by atoms with Crippen LogP contribution >= 0.6 is 11.6 Å². The van der Waals surface area contributed by atoms with Crippen LogP contribution in [0, 0.1) is 0 Å². The fourth-order valence-corrected chi connectivity index (χ4v) is 3.29. The first-order valence-corrected chi connectivity index (χ1v) is 7.90. The second kappa shape index (κ2) is 5.15. The molecule has 0 saturated carbocycles. The molecule has 0 saturated heterocycles. The highest BCUT2D eigenvalue weighted by Crippen LogP contribution is 2.28. The van der Waals surface area contributed by atoms with Gasteiger partial charge < -0.3 is 4.57 Å². The molecular formula is C17H16ClN3. The summed E-state index contributed by atoms with van der Waals surface area (Å²) in [5, 5.41) is 1.15. The Balaban J connectivity index is 1.99. The predicted molar refractivity (Wildman–Crippen MR) is 85.1 cm³/mol. The van der Waals surface area contributed by atoms with Gasteiger partial charge in [0.05, 0.1) is 34.8 Å². The molecule has 21 heavy (non-hydrogen) atoms. The molecule has 1 aliphatic rings. The first kappa shape index (κ1) is 12.8. The highest BCUT2D eigenvalue weighted by atomic mass is 35.5. The van der Waals surface area contributed by atoms with Gasteiger partial charge in [0.25, 0.3) is 0 Å². The molecule has 4 rings (SSSR count). The van der Waals surface area contributed by atoms with Gasteiger partial charge in [-0.3, -0.25) is 4.98 Å². The van der Waals surface area contributed by atoms with Crippen molar-refractivity contribution in [1.29, 1.82) is 0 Å². The Labute approximate surface area is 128 Å². The van der Waals surface area contributed by atoms with Crippen LogP contribution in [0.4, 0.5) is 0 Å². The molecule has 3 nitrogen and oxygen atoms in total. The Morgan fingerprint density at radius 1 is 1.14 bits per heavy atom. The van der Waals surface area contributed by atoms with Crippen LogP contribution < -0.4 is 0 Å². The van der Waals surface area contributed by atoms with E-state index in [1.54, 1.807) is 0 Å². The Bertz CT molecular complexity index is 807. The average Bonchev–Trinajstić information content (AvgIpc) is 2.97. The van der Waals surface area contributed by atoms with E-state index < -0.39 is 0 Å². The third-order valence-corrected chi connectivity index (χ3v) is 4.45. The lowest BCUT2D eigenvalue weighted by Gasteiger charge is -2.16. The van der Waals surface area contributed by atoms with Crippen LogP contribution in [0.25, 0.3) is 16.6 Å². The Morgan fingerprint density at radius 3 is 2.90 bits per heavy atom. The lowest BCUT2D eigenvalue weighted by Crippen LogP contribution is -2.08. The molecule has 0 bridgehead atoms. The van der Waals surface area contributed by atoms with E-state index in [1.807, 2.05) is 18.5 Å². The number of hydrogen-bond donors (Lipinski definition) is 0. The number of alkyl halides is 1. The van der Waals surface area contributed by atoms with E-state index in [9.17, 15) is 0 Å². The van der Waals surface area contributed by atoms with Crippen molar-refractivity contribution in [2.24, 2.45) is 0 Å². The zero-order valence-corrected chi connectivity index (χ0v) is 12.5. The third kappa shape index (κ3) is 2.12. The summed E-state index contributed by atoms with van der Waals surface area (Å²) in [6.45, 7) is 0. The molecule has 106 valence electrons. The Kier molecular flexibility index (Phi) is 3.15. The van der Waals surface area contributed by atoms with Crippen molar-refractivity contribution in [2.45, 2.75) is 31.6 Å². The monoisotopic (exact) mass is 297 g/mol. The van der Waals surface area contributed by atoms with Gasteiger partial charge in [0.2, 0.25) is 0 Å². The van der Waals surface area contributed by atoms with E-state index in [1.165, 1.54) is 24.2 Å². The molecule has 4 heteroatoms. The number of benzene rings is 1. The minimum atomic E-state index is 0.425.